The molecule has 1 rings (SSSR count). The van der Waals surface area contributed by atoms with Crippen LogP contribution in [0.5, 0.6) is 0 Å². The summed E-state index contributed by atoms with van der Waals surface area (Å²) < 4.78 is 0. The second-order valence-corrected chi connectivity index (χ2v) is 2.94. The number of H-pyrrole nitrogens is 1. The van der Waals surface area contributed by atoms with Gasteiger partial charge < -0.3 is 20.5 Å². The van der Waals surface area contributed by atoms with E-state index < -0.39 is 17.9 Å². The molecule has 0 saturated carbocycles. The number of amides is 1. The van der Waals surface area contributed by atoms with Crippen molar-refractivity contribution in [1.82, 2.24) is 15.3 Å². The lowest BCUT2D eigenvalue weighted by atomic mass is 10.2. The standard InChI is InChI=1S/C8H11N3O4/c12-3-6(11-7(13)8(14)15)1-5-2-9-4-10-5/h2,4,6,12H,1,3H2,(H,9,10)(H,11,13)(H,14,15)/t6-/m0/s1. The van der Waals surface area contributed by atoms with Crippen LogP contribution in [-0.4, -0.2) is 44.7 Å². The van der Waals surface area contributed by atoms with E-state index in [0.717, 1.165) is 0 Å². The number of aliphatic hydroxyl groups is 1. The van der Waals surface area contributed by atoms with Crippen LogP contribution in [0.25, 0.3) is 0 Å². The quantitative estimate of drug-likeness (QED) is 0.455. The molecule has 15 heavy (non-hydrogen) atoms. The van der Waals surface area contributed by atoms with E-state index >= 15 is 0 Å². The first-order valence-corrected chi connectivity index (χ1v) is 4.25. The fourth-order valence-electron chi connectivity index (χ4n) is 1.07. The van der Waals surface area contributed by atoms with Crippen LogP contribution in [0.3, 0.4) is 0 Å². The van der Waals surface area contributed by atoms with Gasteiger partial charge in [-0.15, -0.1) is 0 Å². The van der Waals surface area contributed by atoms with E-state index in [1.54, 1.807) is 0 Å². The second-order valence-electron chi connectivity index (χ2n) is 2.94. The summed E-state index contributed by atoms with van der Waals surface area (Å²) in [7, 11) is 0. The molecule has 1 heterocycles. The van der Waals surface area contributed by atoms with Crippen molar-refractivity contribution in [3.8, 4) is 0 Å². The number of hydrogen-bond acceptors (Lipinski definition) is 4. The molecule has 0 aliphatic carbocycles. The predicted octanol–water partition coefficient (Wildman–Crippen LogP) is -1.49. The van der Waals surface area contributed by atoms with Gasteiger partial charge in [0.15, 0.2) is 0 Å². The molecule has 1 amide bonds. The Morgan fingerprint density at radius 2 is 2.33 bits per heavy atom. The Hall–Kier alpha value is -1.89. The summed E-state index contributed by atoms with van der Waals surface area (Å²) in [4.78, 5) is 27.6. The summed E-state index contributed by atoms with van der Waals surface area (Å²) in [5, 5.41) is 19.4. The third kappa shape index (κ3) is 3.39. The van der Waals surface area contributed by atoms with Crippen molar-refractivity contribution in [2.75, 3.05) is 6.61 Å². The molecule has 7 nitrogen and oxygen atoms in total. The van der Waals surface area contributed by atoms with Gasteiger partial charge in [0.25, 0.3) is 0 Å². The zero-order valence-corrected chi connectivity index (χ0v) is 7.80. The van der Waals surface area contributed by atoms with Gasteiger partial charge in [-0.25, -0.2) is 9.78 Å². The van der Waals surface area contributed by atoms with E-state index in [1.165, 1.54) is 12.5 Å². The van der Waals surface area contributed by atoms with Crippen molar-refractivity contribution < 1.29 is 19.8 Å². The largest absolute Gasteiger partial charge is 0.474 e. The van der Waals surface area contributed by atoms with E-state index in [-0.39, 0.29) is 6.61 Å². The zero-order valence-electron chi connectivity index (χ0n) is 7.80. The van der Waals surface area contributed by atoms with Gasteiger partial charge in [-0.1, -0.05) is 0 Å². The molecule has 0 unspecified atom stereocenters. The first kappa shape index (κ1) is 11.2. The molecule has 0 spiro atoms. The molecule has 1 aromatic rings. The number of carboxylic acid groups (broad SMARTS) is 1. The van der Waals surface area contributed by atoms with Crippen molar-refractivity contribution in [2.24, 2.45) is 0 Å². The van der Waals surface area contributed by atoms with E-state index in [4.69, 9.17) is 10.2 Å². The number of aromatic nitrogens is 2. The van der Waals surface area contributed by atoms with Crippen molar-refractivity contribution in [2.45, 2.75) is 12.5 Å². The highest BCUT2D eigenvalue weighted by molar-refractivity contribution is 6.31. The van der Waals surface area contributed by atoms with Gasteiger partial charge in [0, 0.05) is 18.3 Å². The average molecular weight is 213 g/mol. The summed E-state index contributed by atoms with van der Waals surface area (Å²) in [6, 6.07) is -0.631. The number of carboxylic acids is 1. The number of aliphatic hydroxyl groups excluding tert-OH is 1. The topological polar surface area (TPSA) is 115 Å². The molecule has 7 heteroatoms. The van der Waals surface area contributed by atoms with Gasteiger partial charge >= 0.3 is 11.9 Å². The number of aliphatic carboxylic acids is 1. The van der Waals surface area contributed by atoms with E-state index in [1.807, 2.05) is 0 Å². The van der Waals surface area contributed by atoms with Crippen molar-refractivity contribution in [3.63, 3.8) is 0 Å². The SMILES string of the molecule is O=C(O)C(=O)N[C@H](CO)Cc1cnc[nH]1. The van der Waals surface area contributed by atoms with Crippen LogP contribution < -0.4 is 5.32 Å². The van der Waals surface area contributed by atoms with Crippen LogP contribution in [0.15, 0.2) is 12.5 Å². The van der Waals surface area contributed by atoms with Gasteiger partial charge in [-0.3, -0.25) is 4.79 Å². The normalized spacial score (nSPS) is 12.1. The first-order chi connectivity index (χ1) is 7.13. The van der Waals surface area contributed by atoms with Gasteiger partial charge in [-0.2, -0.15) is 0 Å². The average Bonchev–Trinajstić information content (AvgIpc) is 2.69. The Morgan fingerprint density at radius 3 is 2.80 bits per heavy atom. The maximum absolute atomic E-state index is 10.8. The molecule has 82 valence electrons. The van der Waals surface area contributed by atoms with Crippen molar-refractivity contribution >= 4 is 11.9 Å². The zero-order chi connectivity index (χ0) is 11.3. The molecule has 0 fully saturated rings. The number of nitrogens with one attached hydrogen (secondary N) is 2. The van der Waals surface area contributed by atoms with Gasteiger partial charge in [-0.05, 0) is 0 Å². The minimum Gasteiger partial charge on any atom is -0.474 e. The highest BCUT2D eigenvalue weighted by Crippen LogP contribution is 1.97. The van der Waals surface area contributed by atoms with Gasteiger partial charge in [0.2, 0.25) is 0 Å². The number of hydrogen-bond donors (Lipinski definition) is 4. The molecular weight excluding hydrogens is 202 g/mol. The fourth-order valence-corrected chi connectivity index (χ4v) is 1.07. The third-order valence-electron chi connectivity index (χ3n) is 1.77. The minimum absolute atomic E-state index is 0.301. The van der Waals surface area contributed by atoms with Gasteiger partial charge in [0.1, 0.15) is 0 Å². The molecule has 0 aliphatic rings. The molecule has 0 bridgehead atoms. The number of aromatic amines is 1. The fraction of sp³-hybridized carbons (Fsp3) is 0.375. The highest BCUT2D eigenvalue weighted by atomic mass is 16.4. The van der Waals surface area contributed by atoms with Crippen molar-refractivity contribution in [1.29, 1.82) is 0 Å². The van der Waals surface area contributed by atoms with Crippen LogP contribution in [0.2, 0.25) is 0 Å². The van der Waals surface area contributed by atoms with Crippen LogP contribution in [-0.2, 0) is 16.0 Å². The summed E-state index contributed by atoms with van der Waals surface area (Å²) in [5.41, 5.74) is 0.708. The lowest BCUT2D eigenvalue weighted by Crippen LogP contribution is -2.42. The molecule has 0 saturated heterocycles. The molecule has 1 aromatic heterocycles. The Balaban J connectivity index is 2.50. The number of carbonyl (C=O) groups is 2. The van der Waals surface area contributed by atoms with Crippen LogP contribution >= 0.6 is 0 Å². The monoisotopic (exact) mass is 213 g/mol. The van der Waals surface area contributed by atoms with Crippen LogP contribution in [0, 0.1) is 0 Å². The minimum atomic E-state index is -1.57. The summed E-state index contributed by atoms with van der Waals surface area (Å²) in [6.07, 6.45) is 3.30. The lowest BCUT2D eigenvalue weighted by Gasteiger charge is -2.13. The lowest BCUT2D eigenvalue weighted by molar-refractivity contribution is -0.150. The maximum Gasteiger partial charge on any atom is 0.394 e. The van der Waals surface area contributed by atoms with Gasteiger partial charge in [0.05, 0.1) is 19.0 Å². The Kier molecular flexibility index (Phi) is 3.81. The number of imidazole rings is 1. The first-order valence-electron chi connectivity index (χ1n) is 4.25. The summed E-state index contributed by atoms with van der Waals surface area (Å²) >= 11 is 0. The molecule has 0 aromatic carbocycles. The van der Waals surface area contributed by atoms with E-state index in [0.29, 0.717) is 12.1 Å². The summed E-state index contributed by atoms with van der Waals surface area (Å²) in [6.45, 7) is -0.335. The Labute approximate surface area is 85.1 Å². The maximum atomic E-state index is 10.8. The molecule has 4 N–H and O–H groups in total. The molecule has 1 atom stereocenters. The van der Waals surface area contributed by atoms with E-state index in [9.17, 15) is 9.59 Å². The molecule has 0 radical (unpaired) electrons. The summed E-state index contributed by atoms with van der Waals surface area (Å²) in [5.74, 6) is -2.70. The smallest absolute Gasteiger partial charge is 0.394 e. The number of carbonyl (C=O) groups excluding carboxylic acids is 1. The molecule has 0 aliphatic heterocycles. The number of nitrogens with zero attached hydrogens (tertiary/aromatic N) is 1. The Bertz CT molecular complexity index is 336. The molecular formula is C8H11N3O4. The van der Waals surface area contributed by atoms with E-state index in [2.05, 4.69) is 15.3 Å². The Morgan fingerprint density at radius 1 is 1.60 bits per heavy atom. The third-order valence-corrected chi connectivity index (χ3v) is 1.77. The predicted molar refractivity (Wildman–Crippen MR) is 48.9 cm³/mol. The number of rotatable bonds is 4. The van der Waals surface area contributed by atoms with Crippen LogP contribution in [0.1, 0.15) is 5.69 Å². The highest BCUT2D eigenvalue weighted by Gasteiger charge is 2.17. The van der Waals surface area contributed by atoms with Crippen molar-refractivity contribution in [3.05, 3.63) is 18.2 Å². The van der Waals surface area contributed by atoms with Crippen LogP contribution in [0.4, 0.5) is 0 Å². The second kappa shape index (κ2) is 5.11.